The van der Waals surface area contributed by atoms with Crippen LogP contribution in [0.2, 0.25) is 0 Å². The zero-order chi connectivity index (χ0) is 19.6. The molecule has 0 unspecified atom stereocenters. The fourth-order valence-corrected chi connectivity index (χ4v) is 2.78. The summed E-state index contributed by atoms with van der Waals surface area (Å²) in [5, 5.41) is 13.7. The fraction of sp³-hybridized carbons (Fsp3) is 0.167. The molecule has 0 fully saturated rings. The Kier molecular flexibility index (Phi) is 4.84. The molecular weight excluding hydrogens is 354 g/mol. The van der Waals surface area contributed by atoms with Crippen LogP contribution >= 0.6 is 0 Å². The third-order valence-electron chi connectivity index (χ3n) is 4.11. The van der Waals surface area contributed by atoms with Crippen LogP contribution in [0.4, 0.5) is 11.4 Å². The van der Waals surface area contributed by atoms with Crippen molar-refractivity contribution in [1.29, 1.82) is 0 Å². The zero-order valence-electron chi connectivity index (χ0n) is 14.3. The number of nitrogens with zero attached hydrogens (tertiary/aromatic N) is 2. The van der Waals surface area contributed by atoms with E-state index in [2.05, 4.69) is 5.32 Å². The molecule has 0 spiro atoms. The summed E-state index contributed by atoms with van der Waals surface area (Å²) < 4.78 is 5.03. The summed E-state index contributed by atoms with van der Waals surface area (Å²) in [6.45, 7) is -0.175. The molecule has 0 bridgehead atoms. The van der Waals surface area contributed by atoms with Gasteiger partial charge in [-0.05, 0) is 30.3 Å². The molecule has 1 aliphatic rings. The third kappa shape index (κ3) is 3.47. The molecule has 0 radical (unpaired) electrons. The molecule has 9 nitrogen and oxygen atoms in total. The number of hydrogen-bond donors (Lipinski definition) is 1. The van der Waals surface area contributed by atoms with E-state index >= 15 is 0 Å². The van der Waals surface area contributed by atoms with Crippen molar-refractivity contribution >= 4 is 29.1 Å². The van der Waals surface area contributed by atoms with E-state index in [-0.39, 0.29) is 24.1 Å². The molecule has 3 amide bonds. The highest BCUT2D eigenvalue weighted by Crippen LogP contribution is 2.30. The van der Waals surface area contributed by atoms with Crippen LogP contribution in [0, 0.1) is 10.1 Å². The lowest BCUT2D eigenvalue weighted by molar-refractivity contribution is -0.385. The number of ether oxygens (including phenoxy) is 1. The summed E-state index contributed by atoms with van der Waals surface area (Å²) in [5.74, 6) is -1.16. The Morgan fingerprint density at radius 2 is 1.85 bits per heavy atom. The minimum Gasteiger partial charge on any atom is -0.497 e. The molecular formula is C18H15N3O6. The molecule has 138 valence electrons. The number of imide groups is 1. The van der Waals surface area contributed by atoms with Gasteiger partial charge in [0.2, 0.25) is 5.91 Å². The highest BCUT2D eigenvalue weighted by atomic mass is 16.6. The first kappa shape index (κ1) is 18.1. The molecule has 2 aromatic rings. The molecule has 1 heterocycles. The van der Waals surface area contributed by atoms with E-state index in [4.69, 9.17) is 4.74 Å². The molecule has 0 aromatic heterocycles. The maximum Gasteiger partial charge on any atom is 0.282 e. The quantitative estimate of drug-likeness (QED) is 0.474. The second kappa shape index (κ2) is 7.24. The van der Waals surface area contributed by atoms with Gasteiger partial charge in [0.05, 0.1) is 17.6 Å². The summed E-state index contributed by atoms with van der Waals surface area (Å²) in [7, 11) is 1.53. The number of rotatable bonds is 6. The summed E-state index contributed by atoms with van der Waals surface area (Å²) in [4.78, 5) is 48.1. The van der Waals surface area contributed by atoms with Gasteiger partial charge in [-0.25, -0.2) is 0 Å². The van der Waals surface area contributed by atoms with Crippen molar-refractivity contribution < 1.29 is 24.0 Å². The molecule has 3 rings (SSSR count). The van der Waals surface area contributed by atoms with Gasteiger partial charge in [-0.15, -0.1) is 0 Å². The summed E-state index contributed by atoms with van der Waals surface area (Å²) >= 11 is 0. The number of nitro groups is 1. The first-order valence-electron chi connectivity index (χ1n) is 8.00. The molecule has 0 atom stereocenters. The number of nitrogens with one attached hydrogen (secondary N) is 1. The van der Waals surface area contributed by atoms with Crippen LogP contribution in [0.1, 0.15) is 27.1 Å². The van der Waals surface area contributed by atoms with Gasteiger partial charge in [-0.1, -0.05) is 6.07 Å². The van der Waals surface area contributed by atoms with Crippen LogP contribution in [0.15, 0.2) is 42.5 Å². The lowest BCUT2D eigenvalue weighted by atomic mass is 10.1. The smallest absolute Gasteiger partial charge is 0.282 e. The third-order valence-corrected chi connectivity index (χ3v) is 4.11. The number of carbonyl (C=O) groups is 3. The average molecular weight is 369 g/mol. The monoisotopic (exact) mass is 369 g/mol. The molecule has 0 saturated carbocycles. The van der Waals surface area contributed by atoms with Crippen LogP contribution < -0.4 is 10.1 Å². The van der Waals surface area contributed by atoms with Gasteiger partial charge in [-0.3, -0.25) is 29.4 Å². The first-order valence-corrected chi connectivity index (χ1v) is 8.00. The number of carbonyl (C=O) groups excluding carboxylic acids is 3. The molecule has 1 N–H and O–H groups in total. The van der Waals surface area contributed by atoms with E-state index in [0.29, 0.717) is 11.4 Å². The molecule has 0 saturated heterocycles. The van der Waals surface area contributed by atoms with Crippen LogP contribution in [0.3, 0.4) is 0 Å². The minimum atomic E-state index is -0.764. The fourth-order valence-electron chi connectivity index (χ4n) is 2.78. The van der Waals surface area contributed by atoms with Crippen molar-refractivity contribution in [3.8, 4) is 5.75 Å². The molecule has 9 heteroatoms. The van der Waals surface area contributed by atoms with Crippen molar-refractivity contribution in [1.82, 2.24) is 4.90 Å². The van der Waals surface area contributed by atoms with Gasteiger partial charge in [0.25, 0.3) is 17.5 Å². The number of fused-ring (bicyclic) bond motifs is 1. The van der Waals surface area contributed by atoms with E-state index in [1.807, 2.05) is 0 Å². The van der Waals surface area contributed by atoms with E-state index in [9.17, 15) is 24.5 Å². The zero-order valence-corrected chi connectivity index (χ0v) is 14.3. The van der Waals surface area contributed by atoms with Crippen molar-refractivity contribution in [2.75, 3.05) is 19.0 Å². The van der Waals surface area contributed by atoms with Crippen LogP contribution in [-0.2, 0) is 4.79 Å². The van der Waals surface area contributed by atoms with Crippen LogP contribution in [0.5, 0.6) is 5.75 Å². The average Bonchev–Trinajstić information content (AvgIpc) is 2.91. The number of amides is 3. The summed E-state index contributed by atoms with van der Waals surface area (Å²) in [6, 6.07) is 10.5. The molecule has 1 aliphatic heterocycles. The second-order valence-corrected chi connectivity index (χ2v) is 5.75. The minimum absolute atomic E-state index is 0.0234. The Balaban J connectivity index is 1.67. The maximum absolute atomic E-state index is 12.4. The van der Waals surface area contributed by atoms with E-state index < -0.39 is 28.3 Å². The van der Waals surface area contributed by atoms with E-state index in [0.717, 1.165) is 4.90 Å². The largest absolute Gasteiger partial charge is 0.497 e. The van der Waals surface area contributed by atoms with Gasteiger partial charge in [0.1, 0.15) is 11.3 Å². The Morgan fingerprint density at radius 1 is 1.15 bits per heavy atom. The first-order chi connectivity index (χ1) is 12.9. The molecule has 27 heavy (non-hydrogen) atoms. The van der Waals surface area contributed by atoms with Crippen LogP contribution in [-0.4, -0.2) is 41.2 Å². The second-order valence-electron chi connectivity index (χ2n) is 5.75. The SMILES string of the molecule is COc1ccc(NC(=O)CCN2C(=O)c3cccc([N+](=O)[O-])c3C2=O)cc1. The van der Waals surface area contributed by atoms with E-state index in [1.165, 1.54) is 25.3 Å². The Hall–Kier alpha value is -3.75. The van der Waals surface area contributed by atoms with Gasteiger partial charge in [0.15, 0.2) is 0 Å². The lowest BCUT2D eigenvalue weighted by Gasteiger charge is -2.13. The van der Waals surface area contributed by atoms with Gasteiger partial charge in [-0.2, -0.15) is 0 Å². The normalized spacial score (nSPS) is 12.7. The lowest BCUT2D eigenvalue weighted by Crippen LogP contribution is -2.33. The van der Waals surface area contributed by atoms with Crippen LogP contribution in [0.25, 0.3) is 0 Å². The van der Waals surface area contributed by atoms with Gasteiger partial charge >= 0.3 is 0 Å². The number of anilines is 1. The van der Waals surface area contributed by atoms with Crippen molar-refractivity contribution in [3.63, 3.8) is 0 Å². The Morgan fingerprint density at radius 3 is 2.48 bits per heavy atom. The van der Waals surface area contributed by atoms with Crippen molar-refractivity contribution in [2.24, 2.45) is 0 Å². The Bertz CT molecular complexity index is 939. The van der Waals surface area contributed by atoms with Crippen molar-refractivity contribution in [3.05, 3.63) is 63.7 Å². The highest BCUT2D eigenvalue weighted by Gasteiger charge is 2.40. The van der Waals surface area contributed by atoms with Crippen molar-refractivity contribution in [2.45, 2.75) is 6.42 Å². The van der Waals surface area contributed by atoms with E-state index in [1.54, 1.807) is 24.3 Å². The number of methoxy groups -OCH3 is 1. The predicted molar refractivity (Wildman–Crippen MR) is 94.7 cm³/mol. The predicted octanol–water partition coefficient (Wildman–Crippen LogP) is 2.23. The standard InChI is InChI=1S/C18H15N3O6/c1-27-12-7-5-11(6-8-12)19-15(22)9-10-20-17(23)13-3-2-4-14(21(25)26)16(13)18(20)24/h2-8H,9-10H2,1H3,(H,19,22). The topological polar surface area (TPSA) is 119 Å². The van der Waals surface area contributed by atoms with Gasteiger partial charge < -0.3 is 10.1 Å². The summed E-state index contributed by atoms with van der Waals surface area (Å²) in [6.07, 6.45) is -0.134. The summed E-state index contributed by atoms with van der Waals surface area (Å²) in [5.41, 5.74) is -0.136. The number of benzene rings is 2. The van der Waals surface area contributed by atoms with Gasteiger partial charge in [0, 0.05) is 24.7 Å². The number of nitro benzene ring substituents is 1. The highest BCUT2D eigenvalue weighted by molar-refractivity contribution is 6.23. The molecule has 2 aromatic carbocycles. The molecule has 0 aliphatic carbocycles. The number of hydrogen-bond acceptors (Lipinski definition) is 6. The maximum atomic E-state index is 12.4. The Labute approximate surface area is 153 Å².